The molecule has 7 nitrogen and oxygen atoms in total. The van der Waals surface area contributed by atoms with Crippen LogP contribution in [0.3, 0.4) is 0 Å². The molecule has 3 N–H and O–H groups in total. The van der Waals surface area contributed by atoms with Crippen LogP contribution in [-0.4, -0.2) is 49.2 Å². The fourth-order valence-electron chi connectivity index (χ4n) is 1.57. The van der Waals surface area contributed by atoms with Crippen LogP contribution in [0.1, 0.15) is 18.9 Å². The van der Waals surface area contributed by atoms with Crippen molar-refractivity contribution in [3.05, 3.63) is 11.9 Å². The van der Waals surface area contributed by atoms with E-state index in [2.05, 4.69) is 32.8 Å². The van der Waals surface area contributed by atoms with Gasteiger partial charge in [0.05, 0.1) is 13.2 Å². The molecule has 0 fully saturated rings. The average Bonchev–Trinajstić information content (AvgIpc) is 2.45. The Labute approximate surface area is 119 Å². The third-order valence-electron chi connectivity index (χ3n) is 2.67. The molecule has 0 aliphatic carbocycles. The highest BCUT2D eigenvalue weighted by Gasteiger charge is 2.07. The Morgan fingerprint density at radius 1 is 1.25 bits per heavy atom. The molecule has 1 amide bonds. The summed E-state index contributed by atoms with van der Waals surface area (Å²) in [5, 5.41) is 8.97. The van der Waals surface area contributed by atoms with Gasteiger partial charge in [-0.25, -0.2) is 9.97 Å². The van der Waals surface area contributed by atoms with E-state index < -0.39 is 0 Å². The van der Waals surface area contributed by atoms with Crippen LogP contribution in [0.25, 0.3) is 0 Å². The molecule has 0 aliphatic heterocycles. The molecular weight excluding hydrogens is 258 g/mol. The van der Waals surface area contributed by atoms with Crippen molar-refractivity contribution in [2.45, 2.75) is 20.3 Å². The maximum absolute atomic E-state index is 11.6. The molecule has 1 aromatic heterocycles. The molecule has 0 saturated carbocycles. The van der Waals surface area contributed by atoms with Crippen LogP contribution in [0.15, 0.2) is 6.33 Å². The van der Waals surface area contributed by atoms with E-state index in [1.807, 2.05) is 6.92 Å². The summed E-state index contributed by atoms with van der Waals surface area (Å²) in [5.41, 5.74) is 0.908. The first-order valence-electron chi connectivity index (χ1n) is 6.74. The monoisotopic (exact) mass is 281 g/mol. The normalized spacial score (nSPS) is 10.2. The van der Waals surface area contributed by atoms with Crippen molar-refractivity contribution in [1.29, 1.82) is 0 Å². The number of carbonyl (C=O) groups is 1. The molecule has 0 saturated heterocycles. The van der Waals surface area contributed by atoms with Gasteiger partial charge in [-0.3, -0.25) is 4.79 Å². The number of amides is 1. The predicted molar refractivity (Wildman–Crippen MR) is 78.9 cm³/mol. The standard InChI is InChI=1S/C13H23N5O2/c1-4-5-15-12-10(2)13(18-9-17-12)16-8-11(19)14-6-7-20-3/h9H,4-8H2,1-3H3,(H,14,19)(H2,15,16,17,18). The number of nitrogens with zero attached hydrogens (tertiary/aromatic N) is 2. The number of hydrogen-bond donors (Lipinski definition) is 3. The Hall–Kier alpha value is -1.89. The average molecular weight is 281 g/mol. The van der Waals surface area contributed by atoms with Crippen molar-refractivity contribution in [3.63, 3.8) is 0 Å². The Morgan fingerprint density at radius 2 is 1.95 bits per heavy atom. The number of carbonyl (C=O) groups excluding carboxylic acids is 1. The Bertz CT molecular complexity index is 425. The minimum atomic E-state index is -0.0943. The van der Waals surface area contributed by atoms with Gasteiger partial charge < -0.3 is 20.7 Å². The van der Waals surface area contributed by atoms with Crippen molar-refractivity contribution >= 4 is 17.5 Å². The van der Waals surface area contributed by atoms with E-state index in [-0.39, 0.29) is 12.5 Å². The first-order chi connectivity index (χ1) is 9.69. The summed E-state index contributed by atoms with van der Waals surface area (Å²) < 4.78 is 4.86. The lowest BCUT2D eigenvalue weighted by Gasteiger charge is -2.12. The van der Waals surface area contributed by atoms with E-state index >= 15 is 0 Å². The number of methoxy groups -OCH3 is 1. The summed E-state index contributed by atoms with van der Waals surface area (Å²) in [5.74, 6) is 1.37. The van der Waals surface area contributed by atoms with Gasteiger partial charge in [-0.1, -0.05) is 6.92 Å². The zero-order valence-electron chi connectivity index (χ0n) is 12.3. The van der Waals surface area contributed by atoms with E-state index in [0.717, 1.165) is 24.3 Å². The van der Waals surface area contributed by atoms with Crippen LogP contribution < -0.4 is 16.0 Å². The molecule has 0 radical (unpaired) electrons. The minimum Gasteiger partial charge on any atom is -0.383 e. The number of hydrogen-bond acceptors (Lipinski definition) is 6. The van der Waals surface area contributed by atoms with Gasteiger partial charge in [-0.15, -0.1) is 0 Å². The van der Waals surface area contributed by atoms with Gasteiger partial charge in [0.15, 0.2) is 0 Å². The largest absolute Gasteiger partial charge is 0.383 e. The molecule has 20 heavy (non-hydrogen) atoms. The summed E-state index contributed by atoms with van der Waals surface area (Å²) in [7, 11) is 1.60. The molecule has 7 heteroatoms. The van der Waals surface area contributed by atoms with Crippen molar-refractivity contribution < 1.29 is 9.53 Å². The van der Waals surface area contributed by atoms with Crippen molar-refractivity contribution in [3.8, 4) is 0 Å². The smallest absolute Gasteiger partial charge is 0.239 e. The summed E-state index contributed by atoms with van der Waals surface area (Å²) in [6.45, 7) is 6.05. The first-order valence-corrected chi connectivity index (χ1v) is 6.74. The Kier molecular flexibility index (Phi) is 7.34. The van der Waals surface area contributed by atoms with Gasteiger partial charge in [0.2, 0.25) is 5.91 Å². The quantitative estimate of drug-likeness (QED) is 0.580. The third-order valence-corrected chi connectivity index (χ3v) is 2.67. The second-order valence-corrected chi connectivity index (χ2v) is 4.32. The van der Waals surface area contributed by atoms with Crippen LogP contribution in [0, 0.1) is 6.92 Å². The molecule has 0 bridgehead atoms. The molecule has 112 valence electrons. The lowest BCUT2D eigenvalue weighted by atomic mass is 10.3. The highest BCUT2D eigenvalue weighted by Crippen LogP contribution is 2.17. The zero-order valence-corrected chi connectivity index (χ0v) is 12.3. The number of rotatable bonds is 9. The maximum atomic E-state index is 11.6. The lowest BCUT2D eigenvalue weighted by molar-refractivity contribution is -0.119. The Balaban J connectivity index is 2.49. The second-order valence-electron chi connectivity index (χ2n) is 4.32. The molecule has 0 aliphatic rings. The summed E-state index contributed by atoms with van der Waals surface area (Å²) in [6, 6.07) is 0. The Morgan fingerprint density at radius 3 is 2.60 bits per heavy atom. The second kappa shape index (κ2) is 9.08. The summed E-state index contributed by atoms with van der Waals surface area (Å²) >= 11 is 0. The predicted octanol–water partition coefficient (Wildman–Crippen LogP) is 0.781. The topological polar surface area (TPSA) is 88.2 Å². The fourth-order valence-corrected chi connectivity index (χ4v) is 1.57. The van der Waals surface area contributed by atoms with Gasteiger partial charge >= 0.3 is 0 Å². The van der Waals surface area contributed by atoms with Crippen molar-refractivity contribution in [2.75, 3.05) is 44.0 Å². The number of ether oxygens (including phenoxy) is 1. The van der Waals surface area contributed by atoms with E-state index in [0.29, 0.717) is 19.0 Å². The van der Waals surface area contributed by atoms with Crippen LogP contribution >= 0.6 is 0 Å². The van der Waals surface area contributed by atoms with Gasteiger partial charge in [-0.2, -0.15) is 0 Å². The first kappa shape index (κ1) is 16.2. The summed E-state index contributed by atoms with van der Waals surface area (Å²) in [4.78, 5) is 19.9. The van der Waals surface area contributed by atoms with Crippen LogP contribution in [0.4, 0.5) is 11.6 Å². The van der Waals surface area contributed by atoms with E-state index in [1.165, 1.54) is 6.33 Å². The van der Waals surface area contributed by atoms with Gasteiger partial charge in [0.1, 0.15) is 18.0 Å². The van der Waals surface area contributed by atoms with E-state index in [1.54, 1.807) is 7.11 Å². The van der Waals surface area contributed by atoms with Crippen LogP contribution in [-0.2, 0) is 9.53 Å². The molecule has 0 spiro atoms. The third kappa shape index (κ3) is 5.40. The molecular formula is C13H23N5O2. The molecule has 0 unspecified atom stereocenters. The van der Waals surface area contributed by atoms with Gasteiger partial charge in [0, 0.05) is 25.8 Å². The molecule has 0 atom stereocenters. The highest BCUT2D eigenvalue weighted by atomic mass is 16.5. The lowest BCUT2D eigenvalue weighted by Crippen LogP contribution is -2.32. The SMILES string of the molecule is CCCNc1ncnc(NCC(=O)NCCOC)c1C. The minimum absolute atomic E-state index is 0.0943. The molecule has 1 rings (SSSR count). The van der Waals surface area contributed by atoms with Crippen molar-refractivity contribution in [2.24, 2.45) is 0 Å². The van der Waals surface area contributed by atoms with Crippen LogP contribution in [0.2, 0.25) is 0 Å². The summed E-state index contributed by atoms with van der Waals surface area (Å²) in [6.07, 6.45) is 2.50. The zero-order chi connectivity index (χ0) is 14.8. The molecule has 0 aromatic carbocycles. The van der Waals surface area contributed by atoms with Crippen molar-refractivity contribution in [1.82, 2.24) is 15.3 Å². The molecule has 1 heterocycles. The van der Waals surface area contributed by atoms with E-state index in [4.69, 9.17) is 4.74 Å². The number of nitrogens with one attached hydrogen (secondary N) is 3. The maximum Gasteiger partial charge on any atom is 0.239 e. The molecule has 1 aromatic rings. The van der Waals surface area contributed by atoms with Crippen LogP contribution in [0.5, 0.6) is 0 Å². The fraction of sp³-hybridized carbons (Fsp3) is 0.615. The van der Waals surface area contributed by atoms with Gasteiger partial charge in [-0.05, 0) is 13.3 Å². The van der Waals surface area contributed by atoms with E-state index in [9.17, 15) is 4.79 Å². The highest BCUT2D eigenvalue weighted by molar-refractivity contribution is 5.80. The number of aromatic nitrogens is 2. The number of anilines is 2. The van der Waals surface area contributed by atoms with Gasteiger partial charge in [0.25, 0.3) is 0 Å².